The first kappa shape index (κ1) is 23.6. The number of rotatable bonds is 6. The second-order valence-electron chi connectivity index (χ2n) is 8.67. The van der Waals surface area contributed by atoms with Crippen LogP contribution in [0.15, 0.2) is 60.8 Å². The molecule has 0 saturated carbocycles. The summed E-state index contributed by atoms with van der Waals surface area (Å²) in [5, 5.41) is 0. The van der Waals surface area contributed by atoms with Gasteiger partial charge in [0.1, 0.15) is 17.6 Å². The number of hydrogen-bond donors (Lipinski definition) is 0. The second-order valence-corrected chi connectivity index (χ2v) is 10.2. The summed E-state index contributed by atoms with van der Waals surface area (Å²) in [6.07, 6.45) is 3.08. The Morgan fingerprint density at radius 2 is 1.86 bits per heavy atom. The van der Waals surface area contributed by atoms with Crippen molar-refractivity contribution >= 4 is 10.1 Å². The zero-order valence-electron chi connectivity index (χ0n) is 18.7. The van der Waals surface area contributed by atoms with Crippen molar-refractivity contribution in [1.82, 2.24) is 9.88 Å². The SMILES string of the molecule is O=S(=O)(Oc1cccc2c1C(Oc1ccc3c(c1)CCN(Cc1ccccn1)C3)CC2)C(F)(F)F. The van der Waals surface area contributed by atoms with Gasteiger partial charge >= 0.3 is 15.6 Å². The standard InChI is InChI=1S/C25H23F3N2O4S/c26-25(27,28)35(31,32)34-23-6-3-4-17-8-10-22(24(17)23)33-21-9-7-19-15-30(13-11-18(19)14-21)16-20-5-1-2-12-29-20/h1-7,9,12,14,22H,8,10-11,13,15-16H2. The van der Waals surface area contributed by atoms with Gasteiger partial charge in [-0.2, -0.15) is 21.6 Å². The zero-order valence-corrected chi connectivity index (χ0v) is 19.5. The lowest BCUT2D eigenvalue weighted by molar-refractivity contribution is -0.0500. The van der Waals surface area contributed by atoms with Crippen LogP contribution in [0.5, 0.6) is 11.5 Å². The monoisotopic (exact) mass is 504 g/mol. The molecule has 0 radical (unpaired) electrons. The highest BCUT2D eigenvalue weighted by atomic mass is 32.2. The maximum absolute atomic E-state index is 12.9. The average Bonchev–Trinajstić information content (AvgIpc) is 3.23. The Balaban J connectivity index is 1.32. The molecular weight excluding hydrogens is 481 g/mol. The lowest BCUT2D eigenvalue weighted by Crippen LogP contribution is -2.30. The minimum absolute atomic E-state index is 0.342. The fourth-order valence-electron chi connectivity index (χ4n) is 4.64. The molecule has 35 heavy (non-hydrogen) atoms. The Bertz CT molecular complexity index is 1330. The molecule has 1 unspecified atom stereocenters. The third kappa shape index (κ3) is 4.99. The molecule has 0 spiro atoms. The van der Waals surface area contributed by atoms with Crippen LogP contribution >= 0.6 is 0 Å². The van der Waals surface area contributed by atoms with E-state index in [0.717, 1.165) is 37.3 Å². The predicted molar refractivity (Wildman–Crippen MR) is 122 cm³/mol. The lowest BCUT2D eigenvalue weighted by atomic mass is 9.99. The minimum atomic E-state index is -5.77. The molecule has 10 heteroatoms. The van der Waals surface area contributed by atoms with Crippen molar-refractivity contribution in [1.29, 1.82) is 0 Å². The Morgan fingerprint density at radius 3 is 2.63 bits per heavy atom. The van der Waals surface area contributed by atoms with Crippen LogP contribution in [0.2, 0.25) is 0 Å². The lowest BCUT2D eigenvalue weighted by Gasteiger charge is -2.29. The molecule has 1 aromatic heterocycles. The number of aromatic nitrogens is 1. The van der Waals surface area contributed by atoms with E-state index in [4.69, 9.17) is 4.74 Å². The number of hydrogen-bond acceptors (Lipinski definition) is 6. The maximum atomic E-state index is 12.9. The maximum Gasteiger partial charge on any atom is 0.534 e. The van der Waals surface area contributed by atoms with Gasteiger partial charge in [-0.15, -0.1) is 0 Å². The third-order valence-corrected chi connectivity index (χ3v) is 7.26. The molecule has 0 fully saturated rings. The fraction of sp³-hybridized carbons (Fsp3) is 0.320. The molecule has 6 nitrogen and oxygen atoms in total. The largest absolute Gasteiger partial charge is 0.534 e. The van der Waals surface area contributed by atoms with E-state index >= 15 is 0 Å². The van der Waals surface area contributed by atoms with E-state index in [9.17, 15) is 21.6 Å². The minimum Gasteiger partial charge on any atom is -0.486 e. The van der Waals surface area contributed by atoms with Gasteiger partial charge in [0.25, 0.3) is 0 Å². The van der Waals surface area contributed by atoms with Crippen LogP contribution in [0.3, 0.4) is 0 Å². The Hall–Kier alpha value is -3.11. The molecule has 5 rings (SSSR count). The van der Waals surface area contributed by atoms with Crippen molar-refractivity contribution in [3.8, 4) is 11.5 Å². The van der Waals surface area contributed by atoms with Crippen molar-refractivity contribution in [3.05, 3.63) is 88.7 Å². The number of alkyl halides is 3. The first-order valence-corrected chi connectivity index (χ1v) is 12.6. The molecule has 1 aliphatic carbocycles. The normalized spacial score (nSPS) is 18.1. The molecule has 2 aliphatic rings. The molecule has 2 aromatic carbocycles. The van der Waals surface area contributed by atoms with Crippen LogP contribution in [0.25, 0.3) is 0 Å². The number of nitrogens with zero attached hydrogens (tertiary/aromatic N) is 2. The van der Waals surface area contributed by atoms with Gasteiger partial charge < -0.3 is 8.92 Å². The van der Waals surface area contributed by atoms with Crippen LogP contribution < -0.4 is 8.92 Å². The molecule has 184 valence electrons. The summed E-state index contributed by atoms with van der Waals surface area (Å²) in [5.74, 6) is 0.249. The van der Waals surface area contributed by atoms with Gasteiger partial charge in [0, 0.05) is 31.4 Å². The number of ether oxygens (including phenoxy) is 1. The number of halogens is 3. The molecule has 3 aromatic rings. The average molecular weight is 505 g/mol. The number of benzene rings is 2. The molecule has 1 atom stereocenters. The van der Waals surface area contributed by atoms with Crippen LogP contribution in [0, 0.1) is 0 Å². The first-order valence-electron chi connectivity index (χ1n) is 11.2. The third-order valence-electron chi connectivity index (χ3n) is 6.30. The van der Waals surface area contributed by atoms with Gasteiger partial charge in [-0.05, 0) is 66.3 Å². The van der Waals surface area contributed by atoms with Crippen LogP contribution in [0.4, 0.5) is 13.2 Å². The van der Waals surface area contributed by atoms with Gasteiger partial charge in [-0.25, -0.2) is 0 Å². The second kappa shape index (κ2) is 9.16. The zero-order chi connectivity index (χ0) is 24.6. The Labute approximate surface area is 201 Å². The number of fused-ring (bicyclic) bond motifs is 2. The van der Waals surface area contributed by atoms with Crippen molar-refractivity contribution < 1.29 is 30.5 Å². The van der Waals surface area contributed by atoms with E-state index in [1.165, 1.54) is 17.7 Å². The van der Waals surface area contributed by atoms with E-state index in [1.807, 2.05) is 36.4 Å². The molecule has 1 aliphatic heterocycles. The summed E-state index contributed by atoms with van der Waals surface area (Å²) < 4.78 is 72.4. The highest BCUT2D eigenvalue weighted by Crippen LogP contribution is 2.42. The first-order chi connectivity index (χ1) is 16.7. The van der Waals surface area contributed by atoms with E-state index in [2.05, 4.69) is 14.1 Å². The molecular formula is C25H23F3N2O4S. The summed E-state index contributed by atoms with van der Waals surface area (Å²) in [7, 11) is -5.77. The van der Waals surface area contributed by atoms with E-state index in [1.54, 1.807) is 12.3 Å². The molecule has 0 saturated heterocycles. The van der Waals surface area contributed by atoms with Crippen LogP contribution in [-0.4, -0.2) is 30.4 Å². The van der Waals surface area contributed by atoms with Crippen molar-refractivity contribution in [2.45, 2.75) is 44.0 Å². The van der Waals surface area contributed by atoms with Crippen molar-refractivity contribution in [2.75, 3.05) is 6.54 Å². The van der Waals surface area contributed by atoms with E-state index in [-0.39, 0.29) is 5.75 Å². The number of aryl methyl sites for hydroxylation is 1. The summed E-state index contributed by atoms with van der Waals surface area (Å²) >= 11 is 0. The van der Waals surface area contributed by atoms with Gasteiger partial charge in [-0.1, -0.05) is 24.3 Å². The topological polar surface area (TPSA) is 68.7 Å². The van der Waals surface area contributed by atoms with Gasteiger partial charge in [0.15, 0.2) is 0 Å². The van der Waals surface area contributed by atoms with E-state index in [0.29, 0.717) is 29.7 Å². The Kier molecular flexibility index (Phi) is 6.18. The molecule has 0 N–H and O–H groups in total. The molecule has 2 heterocycles. The van der Waals surface area contributed by atoms with Crippen LogP contribution in [-0.2, 0) is 36.0 Å². The summed E-state index contributed by atoms with van der Waals surface area (Å²) in [6.45, 7) is 2.42. The van der Waals surface area contributed by atoms with Gasteiger partial charge in [0.2, 0.25) is 0 Å². The van der Waals surface area contributed by atoms with E-state index < -0.39 is 21.7 Å². The highest BCUT2D eigenvalue weighted by Gasteiger charge is 2.49. The highest BCUT2D eigenvalue weighted by molar-refractivity contribution is 7.88. The van der Waals surface area contributed by atoms with Gasteiger partial charge in [-0.3, -0.25) is 9.88 Å². The summed E-state index contributed by atoms with van der Waals surface area (Å²) in [6, 6.07) is 16.1. The quantitative estimate of drug-likeness (QED) is 0.350. The summed E-state index contributed by atoms with van der Waals surface area (Å²) in [5.41, 5.74) is -1.09. The number of pyridine rings is 1. The molecule has 0 bridgehead atoms. The van der Waals surface area contributed by atoms with Crippen molar-refractivity contribution in [2.24, 2.45) is 0 Å². The molecule has 0 amide bonds. The van der Waals surface area contributed by atoms with Crippen LogP contribution in [0.1, 0.15) is 40.5 Å². The smallest absolute Gasteiger partial charge is 0.486 e. The Morgan fingerprint density at radius 1 is 1.00 bits per heavy atom. The fourth-order valence-corrected chi connectivity index (χ4v) is 5.12. The van der Waals surface area contributed by atoms with Gasteiger partial charge in [0.05, 0.1) is 5.69 Å². The predicted octanol–water partition coefficient (Wildman–Crippen LogP) is 4.93. The summed E-state index contributed by atoms with van der Waals surface area (Å²) in [4.78, 5) is 6.71. The van der Waals surface area contributed by atoms with Crippen molar-refractivity contribution in [3.63, 3.8) is 0 Å².